The molecule has 1 aliphatic rings. The molecule has 5 rings (SSSR count). The average Bonchev–Trinajstić information content (AvgIpc) is 3.63. The first-order valence-electron chi connectivity index (χ1n) is 16.0. The van der Waals surface area contributed by atoms with E-state index in [4.69, 9.17) is 32.7 Å². The molecular formula is C37H39Cl2N3O6S. The number of nitrogens with zero attached hydrogens (tertiary/aromatic N) is 2. The highest BCUT2D eigenvalue weighted by Crippen LogP contribution is 2.36. The fourth-order valence-corrected chi connectivity index (χ4v) is 7.95. The predicted molar refractivity (Wildman–Crippen MR) is 192 cm³/mol. The van der Waals surface area contributed by atoms with Gasteiger partial charge in [0.15, 0.2) is 0 Å². The lowest BCUT2D eigenvalue weighted by Gasteiger charge is -2.35. The van der Waals surface area contributed by atoms with Gasteiger partial charge in [-0.15, -0.1) is 0 Å². The number of amides is 2. The number of anilines is 1. The normalized spacial score (nSPS) is 13.8. The van der Waals surface area contributed by atoms with Gasteiger partial charge in [-0.3, -0.25) is 13.9 Å². The van der Waals surface area contributed by atoms with Crippen LogP contribution in [0.1, 0.15) is 36.8 Å². The number of halogens is 2. The zero-order valence-corrected chi connectivity index (χ0v) is 29.7. The molecule has 4 aromatic rings. The minimum Gasteiger partial charge on any atom is -0.497 e. The summed E-state index contributed by atoms with van der Waals surface area (Å²) < 4.78 is 40.8. The van der Waals surface area contributed by atoms with E-state index in [1.165, 1.54) is 37.3 Å². The van der Waals surface area contributed by atoms with Crippen molar-refractivity contribution in [3.8, 4) is 11.5 Å². The van der Waals surface area contributed by atoms with Crippen LogP contribution in [-0.2, 0) is 32.6 Å². The molecule has 2 amide bonds. The summed E-state index contributed by atoms with van der Waals surface area (Å²) in [6, 6.07) is 25.8. The van der Waals surface area contributed by atoms with Crippen LogP contribution in [0.4, 0.5) is 5.69 Å². The van der Waals surface area contributed by atoms with Gasteiger partial charge in [0, 0.05) is 40.7 Å². The van der Waals surface area contributed by atoms with Crippen molar-refractivity contribution in [3.63, 3.8) is 0 Å². The Kier molecular flexibility index (Phi) is 12.1. The Balaban J connectivity index is 1.64. The molecule has 1 fully saturated rings. The van der Waals surface area contributed by atoms with Crippen molar-refractivity contribution < 1.29 is 27.5 Å². The van der Waals surface area contributed by atoms with Gasteiger partial charge in [0.1, 0.15) is 24.1 Å². The van der Waals surface area contributed by atoms with Crippen LogP contribution < -0.4 is 19.1 Å². The molecule has 0 aromatic heterocycles. The maximum absolute atomic E-state index is 14.8. The number of nitrogens with one attached hydrogen (secondary N) is 1. The Morgan fingerprint density at radius 3 is 2.10 bits per heavy atom. The molecule has 1 aliphatic carbocycles. The number of benzene rings is 4. The Bertz CT molecular complexity index is 1830. The molecule has 0 spiro atoms. The summed E-state index contributed by atoms with van der Waals surface area (Å²) >= 11 is 13.3. The first-order chi connectivity index (χ1) is 23.6. The third kappa shape index (κ3) is 8.68. The summed E-state index contributed by atoms with van der Waals surface area (Å²) in [4.78, 5) is 30.4. The van der Waals surface area contributed by atoms with E-state index in [0.29, 0.717) is 21.4 Å². The van der Waals surface area contributed by atoms with E-state index in [1.807, 2.05) is 30.3 Å². The van der Waals surface area contributed by atoms with Crippen LogP contribution in [0.25, 0.3) is 0 Å². The lowest BCUT2D eigenvalue weighted by molar-refractivity contribution is -0.140. The largest absolute Gasteiger partial charge is 0.497 e. The van der Waals surface area contributed by atoms with Crippen molar-refractivity contribution in [2.75, 3.05) is 25.1 Å². The number of carbonyl (C=O) groups excluding carboxylic acids is 2. The van der Waals surface area contributed by atoms with Crippen LogP contribution in [0.5, 0.6) is 11.5 Å². The molecule has 1 unspecified atom stereocenters. The first-order valence-corrected chi connectivity index (χ1v) is 18.2. The molecule has 12 heteroatoms. The van der Waals surface area contributed by atoms with Gasteiger partial charge in [-0.1, -0.05) is 90.6 Å². The fourth-order valence-electron chi connectivity index (χ4n) is 6.00. The lowest BCUT2D eigenvalue weighted by Crippen LogP contribution is -2.54. The molecule has 0 heterocycles. The first kappa shape index (κ1) is 36.0. The van der Waals surface area contributed by atoms with Gasteiger partial charge in [-0.2, -0.15) is 0 Å². The van der Waals surface area contributed by atoms with Crippen LogP contribution in [0, 0.1) is 0 Å². The Morgan fingerprint density at radius 1 is 0.857 bits per heavy atom. The summed E-state index contributed by atoms with van der Waals surface area (Å²) in [5.74, 6) is -0.436. The van der Waals surface area contributed by atoms with E-state index in [0.717, 1.165) is 35.6 Å². The minimum atomic E-state index is -4.36. The Hall–Kier alpha value is -4.25. The minimum absolute atomic E-state index is 0.0253. The molecule has 1 atom stereocenters. The summed E-state index contributed by atoms with van der Waals surface area (Å²) in [6.07, 6.45) is 3.85. The third-order valence-electron chi connectivity index (χ3n) is 8.63. The van der Waals surface area contributed by atoms with Crippen LogP contribution in [0.15, 0.2) is 102 Å². The van der Waals surface area contributed by atoms with E-state index < -0.39 is 28.5 Å². The maximum Gasteiger partial charge on any atom is 0.264 e. The Labute approximate surface area is 297 Å². The van der Waals surface area contributed by atoms with Gasteiger partial charge in [0.25, 0.3) is 10.0 Å². The molecule has 4 aromatic carbocycles. The third-order valence-corrected chi connectivity index (χ3v) is 11.1. The number of hydrogen-bond acceptors (Lipinski definition) is 6. The molecule has 1 N–H and O–H groups in total. The summed E-state index contributed by atoms with van der Waals surface area (Å²) in [6.45, 7) is -0.827. The predicted octanol–water partition coefficient (Wildman–Crippen LogP) is 6.90. The number of hydrogen-bond donors (Lipinski definition) is 1. The molecular weight excluding hydrogens is 685 g/mol. The van der Waals surface area contributed by atoms with Crippen molar-refractivity contribution in [2.24, 2.45) is 0 Å². The second-order valence-electron chi connectivity index (χ2n) is 11.8. The van der Waals surface area contributed by atoms with Crippen LogP contribution >= 0.6 is 23.2 Å². The van der Waals surface area contributed by atoms with Gasteiger partial charge in [0.05, 0.1) is 24.8 Å². The van der Waals surface area contributed by atoms with Crippen molar-refractivity contribution in [2.45, 2.75) is 55.6 Å². The van der Waals surface area contributed by atoms with Gasteiger partial charge in [-0.05, 0) is 54.8 Å². The zero-order valence-electron chi connectivity index (χ0n) is 27.4. The van der Waals surface area contributed by atoms with Crippen molar-refractivity contribution in [1.82, 2.24) is 10.2 Å². The van der Waals surface area contributed by atoms with Crippen molar-refractivity contribution in [1.29, 1.82) is 0 Å². The second kappa shape index (κ2) is 16.4. The van der Waals surface area contributed by atoms with E-state index in [2.05, 4.69) is 5.32 Å². The number of methoxy groups -OCH3 is 2. The van der Waals surface area contributed by atoms with Crippen LogP contribution in [0.3, 0.4) is 0 Å². The highest BCUT2D eigenvalue weighted by molar-refractivity contribution is 7.92. The standard InChI is InChI=1S/C37H39Cl2N3O6S/c1-47-28-20-21-35(48-2)33(23-28)42(49(45,46)29-16-7-4-8-17-29)25-36(43)41(24-30-31(38)18-11-19-32(30)39)34(22-26-12-5-3-6-13-26)37(44)40-27-14-9-10-15-27/h3-8,11-13,16-21,23,27,34H,9-10,14-15,22,24-25H2,1-2H3,(H,40,44). The highest BCUT2D eigenvalue weighted by Gasteiger charge is 2.37. The highest BCUT2D eigenvalue weighted by atomic mass is 35.5. The zero-order chi connectivity index (χ0) is 35.0. The van der Waals surface area contributed by atoms with E-state index in [9.17, 15) is 18.0 Å². The number of carbonyl (C=O) groups is 2. The number of rotatable bonds is 14. The summed E-state index contributed by atoms with van der Waals surface area (Å²) in [5, 5.41) is 3.77. The molecule has 0 saturated heterocycles. The molecule has 0 radical (unpaired) electrons. The van der Waals surface area contributed by atoms with Crippen LogP contribution in [-0.4, -0.2) is 58.0 Å². The maximum atomic E-state index is 14.8. The number of ether oxygens (including phenoxy) is 2. The van der Waals surface area contributed by atoms with Crippen molar-refractivity contribution >= 4 is 50.7 Å². The quantitative estimate of drug-likeness (QED) is 0.152. The van der Waals surface area contributed by atoms with Crippen molar-refractivity contribution in [3.05, 3.63) is 118 Å². The van der Waals surface area contributed by atoms with Crippen LogP contribution in [0.2, 0.25) is 10.0 Å². The van der Waals surface area contributed by atoms with Gasteiger partial charge in [0.2, 0.25) is 11.8 Å². The Morgan fingerprint density at radius 2 is 1.49 bits per heavy atom. The second-order valence-corrected chi connectivity index (χ2v) is 14.5. The molecule has 1 saturated carbocycles. The molecule has 0 aliphatic heterocycles. The number of sulfonamides is 1. The van der Waals surface area contributed by atoms with E-state index in [1.54, 1.807) is 48.5 Å². The average molecular weight is 725 g/mol. The molecule has 49 heavy (non-hydrogen) atoms. The molecule has 258 valence electrons. The van der Waals surface area contributed by atoms with E-state index in [-0.39, 0.29) is 41.2 Å². The SMILES string of the molecule is COc1ccc(OC)c(N(CC(=O)N(Cc2c(Cl)cccc2Cl)C(Cc2ccccc2)C(=O)NC2CCCC2)S(=O)(=O)c2ccccc2)c1. The van der Waals surface area contributed by atoms with E-state index >= 15 is 0 Å². The fraction of sp³-hybridized carbons (Fsp3) is 0.297. The van der Waals surface area contributed by atoms with Gasteiger partial charge in [-0.25, -0.2) is 8.42 Å². The molecule has 0 bridgehead atoms. The smallest absolute Gasteiger partial charge is 0.264 e. The lowest BCUT2D eigenvalue weighted by atomic mass is 10.0. The topological polar surface area (TPSA) is 105 Å². The monoisotopic (exact) mass is 723 g/mol. The summed E-state index contributed by atoms with van der Waals surface area (Å²) in [5.41, 5.74) is 1.34. The molecule has 9 nitrogen and oxygen atoms in total. The van der Waals surface area contributed by atoms with Gasteiger partial charge < -0.3 is 19.7 Å². The summed E-state index contributed by atoms with van der Waals surface area (Å²) in [7, 11) is -1.49. The van der Waals surface area contributed by atoms with Gasteiger partial charge >= 0.3 is 0 Å².